The van der Waals surface area contributed by atoms with Crippen molar-refractivity contribution in [1.82, 2.24) is 5.32 Å². The zero-order valence-electron chi connectivity index (χ0n) is 19.6. The number of esters is 1. The number of carboxylic acids is 1. The first-order valence-electron chi connectivity index (χ1n) is 10.7. The van der Waals surface area contributed by atoms with Gasteiger partial charge < -0.3 is 25.6 Å². The lowest BCUT2D eigenvalue weighted by molar-refractivity contribution is -0.144. The number of benzene rings is 2. The van der Waals surface area contributed by atoms with E-state index in [9.17, 15) is 14.4 Å². The van der Waals surface area contributed by atoms with Crippen molar-refractivity contribution in [3.8, 4) is 0 Å². The summed E-state index contributed by atoms with van der Waals surface area (Å²) in [6.45, 7) is 7.52. The minimum atomic E-state index is -1.08. The van der Waals surface area contributed by atoms with Crippen molar-refractivity contribution in [3.05, 3.63) is 71.8 Å². The van der Waals surface area contributed by atoms with Gasteiger partial charge in [0.2, 0.25) is 0 Å². The van der Waals surface area contributed by atoms with E-state index in [-0.39, 0.29) is 25.0 Å². The second-order valence-electron chi connectivity index (χ2n) is 8.37. The van der Waals surface area contributed by atoms with Crippen molar-refractivity contribution in [3.63, 3.8) is 0 Å². The summed E-state index contributed by atoms with van der Waals surface area (Å²) in [6.07, 6.45) is -0.496. The minimum absolute atomic E-state index is 0.114. The normalized spacial score (nSPS) is 12.4. The van der Waals surface area contributed by atoms with Crippen LogP contribution in [0.1, 0.15) is 51.3 Å². The number of nitrogens with two attached hydrogens (primary N) is 1. The van der Waals surface area contributed by atoms with Gasteiger partial charge in [-0.05, 0) is 23.5 Å². The lowest BCUT2D eigenvalue weighted by Crippen LogP contribution is -2.49. The molecule has 0 aliphatic carbocycles. The fourth-order valence-corrected chi connectivity index (χ4v) is 2.75. The van der Waals surface area contributed by atoms with Gasteiger partial charge >= 0.3 is 18.0 Å². The monoisotopic (exact) mass is 458 g/mol. The molecule has 0 bridgehead atoms. The first-order valence-corrected chi connectivity index (χ1v) is 10.7. The molecule has 2 aromatic rings. The van der Waals surface area contributed by atoms with Crippen molar-refractivity contribution in [2.45, 2.75) is 52.8 Å². The number of nitrogens with one attached hydrogen (secondary N) is 1. The van der Waals surface area contributed by atoms with Crippen LogP contribution < -0.4 is 11.1 Å². The Bertz CT molecular complexity index is 865. The van der Waals surface area contributed by atoms with Crippen LogP contribution in [0.5, 0.6) is 0 Å². The van der Waals surface area contributed by atoms with Gasteiger partial charge in [-0.15, -0.1) is 0 Å². The zero-order valence-corrected chi connectivity index (χ0v) is 19.6. The van der Waals surface area contributed by atoms with Crippen LogP contribution >= 0.6 is 0 Å². The molecule has 0 radical (unpaired) electrons. The molecule has 2 aromatic carbocycles. The Balaban J connectivity index is 0.000000346. The number of aliphatic carboxylic acids is 1. The number of alkyl carbamates (subject to hydrolysis) is 1. The number of amides is 1. The number of ether oxygens (including phenoxy) is 2. The highest BCUT2D eigenvalue weighted by Gasteiger charge is 2.33. The van der Waals surface area contributed by atoms with Crippen LogP contribution in [0.4, 0.5) is 4.79 Å². The first kappa shape index (κ1) is 27.6. The second-order valence-corrected chi connectivity index (χ2v) is 8.37. The van der Waals surface area contributed by atoms with Gasteiger partial charge in [0.15, 0.2) is 0 Å². The molecule has 0 heterocycles. The fraction of sp³-hybridized carbons (Fsp3) is 0.400. The minimum Gasteiger partial charge on any atom is -0.480 e. The Morgan fingerprint density at radius 1 is 0.970 bits per heavy atom. The molecular weight excluding hydrogens is 424 g/mol. The molecule has 1 amide bonds. The van der Waals surface area contributed by atoms with Gasteiger partial charge in [0.1, 0.15) is 12.6 Å². The molecule has 2 atom stereocenters. The predicted octanol–water partition coefficient (Wildman–Crippen LogP) is 4.05. The Hall–Kier alpha value is -3.39. The Morgan fingerprint density at radius 3 is 2.00 bits per heavy atom. The maximum atomic E-state index is 11.6. The van der Waals surface area contributed by atoms with E-state index in [0.29, 0.717) is 6.61 Å². The summed E-state index contributed by atoms with van der Waals surface area (Å²) in [5, 5.41) is 11.4. The molecule has 2 unspecified atom stereocenters. The molecule has 2 rings (SSSR count). The number of carboxylic acid groups (broad SMARTS) is 1. The zero-order chi connectivity index (χ0) is 24.9. The highest BCUT2D eigenvalue weighted by molar-refractivity contribution is 5.80. The van der Waals surface area contributed by atoms with E-state index in [0.717, 1.165) is 11.1 Å². The molecule has 0 saturated heterocycles. The lowest BCUT2D eigenvalue weighted by Gasteiger charge is -2.27. The highest BCUT2D eigenvalue weighted by Crippen LogP contribution is 2.19. The molecule has 33 heavy (non-hydrogen) atoms. The van der Waals surface area contributed by atoms with E-state index in [1.165, 1.54) is 0 Å². The smallest absolute Gasteiger partial charge is 0.408 e. The molecule has 0 aliphatic heterocycles. The molecule has 0 aliphatic rings. The average molecular weight is 459 g/mol. The van der Waals surface area contributed by atoms with Gasteiger partial charge in [-0.25, -0.2) is 9.59 Å². The van der Waals surface area contributed by atoms with Gasteiger partial charge in [0, 0.05) is 6.04 Å². The van der Waals surface area contributed by atoms with Gasteiger partial charge in [-0.1, -0.05) is 81.4 Å². The number of carbonyl (C=O) groups excluding carboxylic acids is 2. The molecule has 0 fully saturated rings. The summed E-state index contributed by atoms with van der Waals surface area (Å²) in [5.41, 5.74) is 7.05. The van der Waals surface area contributed by atoms with E-state index in [1.54, 1.807) is 27.7 Å². The molecule has 8 heteroatoms. The quantitative estimate of drug-likeness (QED) is 0.509. The molecular formula is C25H34N2O6. The number of rotatable bonds is 8. The molecule has 0 saturated carbocycles. The van der Waals surface area contributed by atoms with Crippen LogP contribution in [-0.4, -0.2) is 35.8 Å². The van der Waals surface area contributed by atoms with E-state index in [2.05, 4.69) is 5.32 Å². The maximum absolute atomic E-state index is 11.6. The van der Waals surface area contributed by atoms with Crippen molar-refractivity contribution in [1.29, 1.82) is 0 Å². The van der Waals surface area contributed by atoms with Crippen molar-refractivity contribution >= 4 is 18.0 Å². The second kappa shape index (κ2) is 13.9. The van der Waals surface area contributed by atoms with Crippen LogP contribution in [0.15, 0.2) is 60.7 Å². The fourth-order valence-electron chi connectivity index (χ4n) is 2.75. The van der Waals surface area contributed by atoms with Gasteiger partial charge in [-0.2, -0.15) is 0 Å². The first-order chi connectivity index (χ1) is 15.5. The number of hydrogen-bond donors (Lipinski definition) is 3. The Morgan fingerprint density at radius 2 is 1.52 bits per heavy atom. The van der Waals surface area contributed by atoms with Crippen LogP contribution in [0, 0.1) is 5.41 Å². The van der Waals surface area contributed by atoms with Gasteiger partial charge in [-0.3, -0.25) is 4.79 Å². The third kappa shape index (κ3) is 11.2. The van der Waals surface area contributed by atoms with Crippen molar-refractivity contribution in [2.24, 2.45) is 11.1 Å². The van der Waals surface area contributed by atoms with Crippen LogP contribution in [0.25, 0.3) is 0 Å². The summed E-state index contributed by atoms with van der Waals surface area (Å²) in [5.74, 6) is -1.33. The summed E-state index contributed by atoms with van der Waals surface area (Å²) >= 11 is 0. The summed E-state index contributed by atoms with van der Waals surface area (Å²) < 4.78 is 9.81. The number of carbonyl (C=O) groups is 3. The highest BCUT2D eigenvalue weighted by atomic mass is 16.5. The third-order valence-corrected chi connectivity index (χ3v) is 4.51. The largest absolute Gasteiger partial charge is 0.480 e. The average Bonchev–Trinajstić information content (AvgIpc) is 2.77. The number of hydrogen-bond acceptors (Lipinski definition) is 6. The molecule has 180 valence electrons. The molecule has 0 spiro atoms. The molecule has 8 nitrogen and oxygen atoms in total. The summed E-state index contributed by atoms with van der Waals surface area (Å²) in [6, 6.07) is 17.5. The standard InChI is InChI=1S/C14H19NO4.C11H15NO2/c1-14(2,3)11(12(16)17)15-13(18)19-9-10-7-5-4-6-8-10;1-2-14-11(13)8-10(12)9-6-4-3-5-7-9/h4-8,11H,9H2,1-3H3,(H,15,18)(H,16,17);3-7,10H,2,8,12H2,1H3. The Labute approximate surface area is 195 Å². The SMILES string of the molecule is CC(C)(C)C(NC(=O)OCc1ccccc1)C(=O)O.CCOC(=O)CC(N)c1ccccc1. The van der Waals surface area contributed by atoms with Gasteiger partial charge in [0.05, 0.1) is 13.0 Å². The van der Waals surface area contributed by atoms with E-state index in [1.807, 2.05) is 60.7 Å². The van der Waals surface area contributed by atoms with E-state index < -0.39 is 23.5 Å². The van der Waals surface area contributed by atoms with Gasteiger partial charge in [0.25, 0.3) is 0 Å². The van der Waals surface area contributed by atoms with Crippen molar-refractivity contribution < 1.29 is 29.0 Å². The summed E-state index contributed by atoms with van der Waals surface area (Å²) in [7, 11) is 0. The molecule has 0 aromatic heterocycles. The van der Waals surface area contributed by atoms with Crippen LogP contribution in [0.3, 0.4) is 0 Å². The van der Waals surface area contributed by atoms with E-state index in [4.69, 9.17) is 20.3 Å². The maximum Gasteiger partial charge on any atom is 0.408 e. The van der Waals surface area contributed by atoms with E-state index >= 15 is 0 Å². The topological polar surface area (TPSA) is 128 Å². The van der Waals surface area contributed by atoms with Crippen molar-refractivity contribution in [2.75, 3.05) is 6.61 Å². The third-order valence-electron chi connectivity index (χ3n) is 4.51. The van der Waals surface area contributed by atoms with Crippen LogP contribution in [-0.2, 0) is 25.7 Å². The predicted molar refractivity (Wildman–Crippen MR) is 125 cm³/mol. The summed E-state index contributed by atoms with van der Waals surface area (Å²) in [4.78, 5) is 33.8. The lowest BCUT2D eigenvalue weighted by atomic mass is 9.87. The molecule has 4 N–H and O–H groups in total. The van der Waals surface area contributed by atoms with Crippen LogP contribution in [0.2, 0.25) is 0 Å². The Kier molecular flexibility index (Phi) is 11.6.